The standard InChI is InChI=1S/C23H25NO5S/c1-5-15(4)29-21(25)13-24-22(26)20(30-23(24)27)12-18-17-9-7-6-8-16(17)10-11-19(18)28-14(2)3/h6-12,14-15H,5,13H2,1-4H3/b20-12+/t15-/m1/s1. The lowest BCUT2D eigenvalue weighted by molar-refractivity contribution is -0.150. The lowest BCUT2D eigenvalue weighted by atomic mass is 10.0. The number of benzene rings is 2. The summed E-state index contributed by atoms with van der Waals surface area (Å²) in [7, 11) is 0. The summed E-state index contributed by atoms with van der Waals surface area (Å²) >= 11 is 0.815. The van der Waals surface area contributed by atoms with Gasteiger partial charge >= 0.3 is 5.97 Å². The molecule has 0 N–H and O–H groups in total. The van der Waals surface area contributed by atoms with Crippen LogP contribution in [0.3, 0.4) is 0 Å². The number of thioether (sulfide) groups is 1. The van der Waals surface area contributed by atoms with E-state index in [1.165, 1.54) is 0 Å². The molecular weight excluding hydrogens is 402 g/mol. The van der Waals surface area contributed by atoms with Crippen molar-refractivity contribution in [3.8, 4) is 5.75 Å². The van der Waals surface area contributed by atoms with Gasteiger partial charge in [-0.2, -0.15) is 0 Å². The predicted octanol–water partition coefficient (Wildman–Crippen LogP) is 5.01. The van der Waals surface area contributed by atoms with Gasteiger partial charge in [-0.05, 0) is 61.9 Å². The molecule has 2 amide bonds. The minimum Gasteiger partial charge on any atom is -0.490 e. The van der Waals surface area contributed by atoms with Crippen molar-refractivity contribution in [1.82, 2.24) is 4.90 Å². The van der Waals surface area contributed by atoms with E-state index in [0.717, 1.165) is 33.0 Å². The van der Waals surface area contributed by atoms with Gasteiger partial charge in [-0.25, -0.2) is 0 Å². The second kappa shape index (κ2) is 9.34. The minimum absolute atomic E-state index is 0.0521. The Hall–Kier alpha value is -2.80. The summed E-state index contributed by atoms with van der Waals surface area (Å²) in [5.41, 5.74) is 0.731. The molecule has 0 bridgehead atoms. The van der Waals surface area contributed by atoms with Gasteiger partial charge in [0.2, 0.25) is 0 Å². The van der Waals surface area contributed by atoms with Crippen LogP contribution in [-0.2, 0) is 14.3 Å². The minimum atomic E-state index is -0.595. The van der Waals surface area contributed by atoms with Crippen LogP contribution in [0.5, 0.6) is 5.75 Å². The SMILES string of the molecule is CC[C@@H](C)OC(=O)CN1C(=O)S/C(=C/c2c(OC(C)C)ccc3ccccc23)C1=O. The maximum atomic E-state index is 12.8. The van der Waals surface area contributed by atoms with E-state index >= 15 is 0 Å². The first-order valence-electron chi connectivity index (χ1n) is 9.93. The number of rotatable bonds is 7. The Balaban J connectivity index is 1.93. The average molecular weight is 428 g/mol. The lowest BCUT2D eigenvalue weighted by Gasteiger charge is -2.15. The zero-order valence-electron chi connectivity index (χ0n) is 17.5. The van der Waals surface area contributed by atoms with Crippen molar-refractivity contribution in [2.45, 2.75) is 46.3 Å². The van der Waals surface area contributed by atoms with Crippen molar-refractivity contribution in [3.63, 3.8) is 0 Å². The zero-order valence-corrected chi connectivity index (χ0v) is 18.3. The highest BCUT2D eigenvalue weighted by atomic mass is 32.2. The van der Waals surface area contributed by atoms with Crippen LogP contribution in [0.25, 0.3) is 16.8 Å². The average Bonchev–Trinajstić information content (AvgIpc) is 2.96. The number of hydrogen-bond donors (Lipinski definition) is 0. The number of esters is 1. The number of carbonyl (C=O) groups is 3. The Kier molecular flexibility index (Phi) is 6.82. The van der Waals surface area contributed by atoms with Crippen LogP contribution in [0.2, 0.25) is 0 Å². The van der Waals surface area contributed by atoms with Gasteiger partial charge in [0.1, 0.15) is 12.3 Å². The Bertz CT molecular complexity index is 1010. The van der Waals surface area contributed by atoms with Crippen molar-refractivity contribution < 1.29 is 23.9 Å². The van der Waals surface area contributed by atoms with Gasteiger partial charge < -0.3 is 9.47 Å². The van der Waals surface area contributed by atoms with E-state index < -0.39 is 23.7 Å². The quantitative estimate of drug-likeness (QED) is 0.457. The molecule has 0 spiro atoms. The van der Waals surface area contributed by atoms with Gasteiger partial charge in [0, 0.05) is 5.56 Å². The summed E-state index contributed by atoms with van der Waals surface area (Å²) in [6.45, 7) is 7.12. The van der Waals surface area contributed by atoms with E-state index in [1.54, 1.807) is 13.0 Å². The number of amides is 2. The van der Waals surface area contributed by atoms with Crippen molar-refractivity contribution in [1.29, 1.82) is 0 Å². The molecule has 0 saturated carbocycles. The Morgan fingerprint density at radius 1 is 1.13 bits per heavy atom. The molecule has 1 atom stereocenters. The van der Waals surface area contributed by atoms with Crippen molar-refractivity contribution >= 4 is 45.7 Å². The fourth-order valence-corrected chi connectivity index (χ4v) is 3.84. The summed E-state index contributed by atoms with van der Waals surface area (Å²) in [4.78, 5) is 38.5. The number of imide groups is 1. The molecule has 0 radical (unpaired) electrons. The molecule has 6 nitrogen and oxygen atoms in total. The largest absolute Gasteiger partial charge is 0.490 e. The molecule has 0 unspecified atom stereocenters. The van der Waals surface area contributed by atoms with Gasteiger partial charge in [-0.3, -0.25) is 19.3 Å². The van der Waals surface area contributed by atoms with E-state index in [2.05, 4.69) is 0 Å². The number of fused-ring (bicyclic) bond motifs is 1. The second-order valence-corrected chi connectivity index (χ2v) is 8.33. The van der Waals surface area contributed by atoms with Gasteiger partial charge in [0.05, 0.1) is 17.1 Å². The number of ether oxygens (including phenoxy) is 2. The molecule has 158 valence electrons. The fourth-order valence-electron chi connectivity index (χ4n) is 3.02. The molecule has 30 heavy (non-hydrogen) atoms. The third kappa shape index (κ3) is 4.84. The highest BCUT2D eigenvalue weighted by molar-refractivity contribution is 8.18. The van der Waals surface area contributed by atoms with Gasteiger partial charge in [0.15, 0.2) is 0 Å². The number of nitrogens with zero attached hydrogens (tertiary/aromatic N) is 1. The smallest absolute Gasteiger partial charge is 0.326 e. The van der Waals surface area contributed by atoms with Crippen LogP contribution in [0.15, 0.2) is 41.3 Å². The first-order chi connectivity index (χ1) is 14.3. The summed E-state index contributed by atoms with van der Waals surface area (Å²) in [6, 6.07) is 11.6. The molecule has 1 heterocycles. The van der Waals surface area contributed by atoms with E-state index in [1.807, 2.05) is 57.2 Å². The van der Waals surface area contributed by atoms with Gasteiger partial charge in [0.25, 0.3) is 11.1 Å². The summed E-state index contributed by atoms with van der Waals surface area (Å²) in [5, 5.41) is 1.42. The molecule has 7 heteroatoms. The molecule has 1 aliphatic heterocycles. The van der Waals surface area contributed by atoms with Crippen LogP contribution in [0, 0.1) is 0 Å². The number of hydrogen-bond acceptors (Lipinski definition) is 6. The third-order valence-corrected chi connectivity index (χ3v) is 5.54. The van der Waals surface area contributed by atoms with Crippen LogP contribution >= 0.6 is 11.8 Å². The zero-order chi connectivity index (χ0) is 21.8. The normalized spacial score (nSPS) is 16.6. The van der Waals surface area contributed by atoms with E-state index in [4.69, 9.17) is 9.47 Å². The Morgan fingerprint density at radius 2 is 1.87 bits per heavy atom. The van der Waals surface area contributed by atoms with E-state index in [9.17, 15) is 14.4 Å². The Morgan fingerprint density at radius 3 is 2.57 bits per heavy atom. The van der Waals surface area contributed by atoms with Crippen molar-refractivity contribution in [3.05, 3.63) is 46.9 Å². The number of carbonyl (C=O) groups excluding carboxylic acids is 3. The molecule has 3 rings (SSSR count). The van der Waals surface area contributed by atoms with Crippen LogP contribution in [0.1, 0.15) is 39.7 Å². The van der Waals surface area contributed by atoms with E-state index in [0.29, 0.717) is 12.2 Å². The maximum Gasteiger partial charge on any atom is 0.326 e. The Labute approximate surface area is 180 Å². The molecule has 2 aromatic carbocycles. The van der Waals surface area contributed by atoms with Gasteiger partial charge in [-0.15, -0.1) is 0 Å². The molecule has 1 saturated heterocycles. The van der Waals surface area contributed by atoms with Crippen LogP contribution in [0.4, 0.5) is 4.79 Å². The molecular formula is C23H25NO5S. The molecule has 2 aromatic rings. The van der Waals surface area contributed by atoms with Crippen LogP contribution in [-0.4, -0.2) is 40.8 Å². The molecule has 0 aromatic heterocycles. The molecule has 0 aliphatic carbocycles. The lowest BCUT2D eigenvalue weighted by Crippen LogP contribution is -2.35. The first-order valence-corrected chi connectivity index (χ1v) is 10.7. The second-order valence-electron chi connectivity index (χ2n) is 7.34. The molecule has 1 fully saturated rings. The third-order valence-electron chi connectivity index (χ3n) is 4.64. The summed E-state index contributed by atoms with van der Waals surface area (Å²) < 4.78 is 11.1. The fraction of sp³-hybridized carbons (Fsp3) is 0.348. The van der Waals surface area contributed by atoms with Gasteiger partial charge in [-0.1, -0.05) is 37.3 Å². The monoisotopic (exact) mass is 427 g/mol. The highest BCUT2D eigenvalue weighted by Crippen LogP contribution is 2.37. The van der Waals surface area contributed by atoms with Crippen molar-refractivity contribution in [2.75, 3.05) is 6.54 Å². The van der Waals surface area contributed by atoms with E-state index in [-0.39, 0.29) is 17.1 Å². The highest BCUT2D eigenvalue weighted by Gasteiger charge is 2.37. The van der Waals surface area contributed by atoms with Crippen LogP contribution < -0.4 is 4.74 Å². The topological polar surface area (TPSA) is 72.9 Å². The predicted molar refractivity (Wildman–Crippen MR) is 118 cm³/mol. The first kappa shape index (κ1) is 21.9. The summed E-state index contributed by atoms with van der Waals surface area (Å²) in [6.07, 6.45) is 2.01. The summed E-state index contributed by atoms with van der Waals surface area (Å²) in [5.74, 6) is -0.469. The maximum absolute atomic E-state index is 12.8. The molecule has 1 aliphatic rings. The van der Waals surface area contributed by atoms with Crippen molar-refractivity contribution in [2.24, 2.45) is 0 Å².